The number of nitrogens with zero attached hydrogens (tertiary/aromatic N) is 2. The van der Waals surface area contributed by atoms with Gasteiger partial charge in [0.1, 0.15) is 24.9 Å². The van der Waals surface area contributed by atoms with Crippen molar-refractivity contribution in [2.75, 3.05) is 13.2 Å². The molecule has 1 fully saturated rings. The summed E-state index contributed by atoms with van der Waals surface area (Å²) in [6, 6.07) is 0. The molecule has 10 heteroatoms. The van der Waals surface area contributed by atoms with Crippen molar-refractivity contribution in [3.63, 3.8) is 0 Å². The highest BCUT2D eigenvalue weighted by atomic mass is 16.7. The van der Waals surface area contributed by atoms with E-state index in [2.05, 4.69) is 18.5 Å². The van der Waals surface area contributed by atoms with E-state index in [1.807, 2.05) is 27.7 Å². The third-order valence-electron chi connectivity index (χ3n) is 4.76. The number of carbonyl (C=O) groups excluding carboxylic acids is 3. The third kappa shape index (κ3) is 7.61. The molecule has 1 N–H and O–H groups in total. The molecule has 0 aromatic heterocycles. The van der Waals surface area contributed by atoms with Gasteiger partial charge in [0.2, 0.25) is 0 Å². The Labute approximate surface area is 182 Å². The van der Waals surface area contributed by atoms with Crippen LogP contribution in [0.3, 0.4) is 0 Å². The van der Waals surface area contributed by atoms with Gasteiger partial charge >= 0.3 is 24.3 Å². The summed E-state index contributed by atoms with van der Waals surface area (Å²) in [5, 5.41) is 13.2. The summed E-state index contributed by atoms with van der Waals surface area (Å²) in [5.41, 5.74) is -2.40. The van der Waals surface area contributed by atoms with Crippen LogP contribution in [0.15, 0.2) is 25.3 Å². The van der Waals surface area contributed by atoms with Crippen molar-refractivity contribution in [1.82, 2.24) is 10.4 Å². The molecule has 0 atom stereocenters. The summed E-state index contributed by atoms with van der Waals surface area (Å²) in [6.45, 7) is 15.1. The van der Waals surface area contributed by atoms with E-state index in [1.54, 1.807) is 11.3 Å². The lowest BCUT2D eigenvalue weighted by Gasteiger charge is -2.51. The Bertz CT molecular complexity index is 713. The second kappa shape index (κ2) is 10.3. The predicted molar refractivity (Wildman–Crippen MR) is 110 cm³/mol. The average Bonchev–Trinajstić information content (AvgIpc) is 2.66. The zero-order valence-electron chi connectivity index (χ0n) is 18.7. The van der Waals surface area contributed by atoms with Crippen LogP contribution in [-0.4, -0.2) is 59.0 Å². The zero-order chi connectivity index (χ0) is 23.9. The molecule has 1 amide bonds. The van der Waals surface area contributed by atoms with Crippen molar-refractivity contribution >= 4 is 18.0 Å². The lowest BCUT2D eigenvalue weighted by Crippen LogP contribution is -2.62. The lowest BCUT2D eigenvalue weighted by atomic mass is 9.80. The summed E-state index contributed by atoms with van der Waals surface area (Å²) in [5.74, 6) is -1.38. The van der Waals surface area contributed by atoms with E-state index in [-0.39, 0.29) is 13.2 Å². The number of ether oxygens (including phenoxy) is 3. The van der Waals surface area contributed by atoms with E-state index in [9.17, 15) is 14.4 Å². The molecule has 1 rings (SSSR count). The smallest absolute Gasteiger partial charge is 0.408 e. The Balaban J connectivity index is 2.87. The number of piperidine rings is 1. The van der Waals surface area contributed by atoms with Gasteiger partial charge in [0.05, 0.1) is 11.1 Å². The average molecular weight is 437 g/mol. The molecule has 31 heavy (non-hydrogen) atoms. The van der Waals surface area contributed by atoms with Crippen molar-refractivity contribution in [3.8, 4) is 6.26 Å². The quantitative estimate of drug-likeness (QED) is 0.250. The van der Waals surface area contributed by atoms with Gasteiger partial charge in [-0.25, -0.2) is 14.4 Å². The second-order valence-electron chi connectivity index (χ2n) is 8.85. The Hall–Kier alpha value is -3.06. The summed E-state index contributed by atoms with van der Waals surface area (Å²) in [6.07, 6.45) is 3.26. The number of nitrogens with one attached hydrogen (secondary N) is 1. The number of rotatable bonds is 9. The standard InChI is InChI=1S/C21H31N3O7/c1-8-16(25)28-12-21(7,13-29-17(26)9-2)23-18(27)31-15-10-19(3,4)24(30-14-22)20(5,6)11-15/h8-9,15H,1-2,10-13H2,3-7H3,(H,23,27). The lowest BCUT2D eigenvalue weighted by molar-refractivity contribution is -0.254. The van der Waals surface area contributed by atoms with Gasteiger partial charge in [0, 0.05) is 25.0 Å². The van der Waals surface area contributed by atoms with Gasteiger partial charge in [0.25, 0.3) is 0 Å². The van der Waals surface area contributed by atoms with Crippen molar-refractivity contribution in [3.05, 3.63) is 25.3 Å². The molecule has 0 aliphatic carbocycles. The normalized spacial score (nSPS) is 18.1. The summed E-state index contributed by atoms with van der Waals surface area (Å²) in [4.78, 5) is 40.6. The van der Waals surface area contributed by atoms with E-state index >= 15 is 0 Å². The molecule has 10 nitrogen and oxygen atoms in total. The Morgan fingerprint density at radius 2 is 1.55 bits per heavy atom. The Kier molecular flexibility index (Phi) is 8.64. The van der Waals surface area contributed by atoms with Crippen molar-refractivity contribution in [2.45, 2.75) is 70.2 Å². The maximum absolute atomic E-state index is 12.6. The van der Waals surface area contributed by atoms with Crippen LogP contribution < -0.4 is 5.32 Å². The van der Waals surface area contributed by atoms with Crippen LogP contribution >= 0.6 is 0 Å². The highest BCUT2D eigenvalue weighted by Gasteiger charge is 2.49. The number of hydroxylamine groups is 2. The SMILES string of the molecule is C=CC(=O)OCC(C)(COC(=O)C=C)NC(=O)OC1CC(C)(C)N(OC#N)C(C)(C)C1. The van der Waals surface area contributed by atoms with Gasteiger partial charge in [-0.2, -0.15) is 0 Å². The number of esters is 2. The van der Waals surface area contributed by atoms with E-state index in [0.29, 0.717) is 12.8 Å². The molecule has 0 radical (unpaired) electrons. The minimum absolute atomic E-state index is 0.275. The maximum Gasteiger partial charge on any atom is 0.408 e. The molecular formula is C21H31N3O7. The number of amides is 1. The Morgan fingerprint density at radius 3 is 1.94 bits per heavy atom. The minimum atomic E-state index is -1.25. The molecule has 0 unspecified atom stereocenters. The van der Waals surface area contributed by atoms with E-state index in [4.69, 9.17) is 24.3 Å². The van der Waals surface area contributed by atoms with E-state index in [1.165, 1.54) is 6.92 Å². The van der Waals surface area contributed by atoms with Gasteiger partial charge in [0.15, 0.2) is 0 Å². The number of carbonyl (C=O) groups is 3. The van der Waals surface area contributed by atoms with E-state index in [0.717, 1.165) is 12.2 Å². The van der Waals surface area contributed by atoms with Crippen LogP contribution in [0.4, 0.5) is 4.79 Å². The second-order valence-corrected chi connectivity index (χ2v) is 8.85. The van der Waals surface area contributed by atoms with Crippen molar-refractivity contribution < 1.29 is 33.4 Å². The van der Waals surface area contributed by atoms with Gasteiger partial charge in [-0.05, 0) is 34.6 Å². The molecule has 1 aliphatic rings. The minimum Gasteiger partial charge on any atom is -0.460 e. The maximum atomic E-state index is 12.6. The van der Waals surface area contributed by atoms with Crippen LogP contribution in [-0.2, 0) is 28.6 Å². The summed E-state index contributed by atoms with van der Waals surface area (Å²) in [7, 11) is 0. The highest BCUT2D eigenvalue weighted by molar-refractivity contribution is 5.82. The molecule has 0 aromatic rings. The first-order valence-electron chi connectivity index (χ1n) is 9.72. The van der Waals surface area contributed by atoms with Crippen LogP contribution in [0.25, 0.3) is 0 Å². The molecule has 1 heterocycles. The van der Waals surface area contributed by atoms with Gasteiger partial charge in [-0.1, -0.05) is 13.2 Å². The molecule has 0 bridgehead atoms. The number of hydrogen-bond donors (Lipinski definition) is 1. The van der Waals surface area contributed by atoms with Gasteiger partial charge in [-0.3, -0.25) is 0 Å². The van der Waals surface area contributed by atoms with Crippen LogP contribution in [0.2, 0.25) is 0 Å². The largest absolute Gasteiger partial charge is 0.460 e. The fourth-order valence-corrected chi connectivity index (χ4v) is 3.66. The molecule has 0 spiro atoms. The Morgan fingerprint density at radius 1 is 1.10 bits per heavy atom. The monoisotopic (exact) mass is 437 g/mol. The third-order valence-corrected chi connectivity index (χ3v) is 4.76. The molecule has 0 aromatic carbocycles. The van der Waals surface area contributed by atoms with Crippen molar-refractivity contribution in [1.29, 1.82) is 5.26 Å². The van der Waals surface area contributed by atoms with Gasteiger partial charge in [-0.15, -0.1) is 10.3 Å². The predicted octanol–water partition coefficient (Wildman–Crippen LogP) is 2.36. The molecule has 172 valence electrons. The number of nitriles is 1. The van der Waals surface area contributed by atoms with Crippen molar-refractivity contribution in [2.24, 2.45) is 0 Å². The zero-order valence-corrected chi connectivity index (χ0v) is 18.7. The molecule has 1 aliphatic heterocycles. The topological polar surface area (TPSA) is 127 Å². The first-order chi connectivity index (χ1) is 14.3. The summed E-state index contributed by atoms with van der Waals surface area (Å²) < 4.78 is 15.7. The first kappa shape index (κ1) is 26.0. The molecule has 1 saturated heterocycles. The highest BCUT2D eigenvalue weighted by Crippen LogP contribution is 2.39. The van der Waals surface area contributed by atoms with Crippen LogP contribution in [0.5, 0.6) is 0 Å². The van der Waals surface area contributed by atoms with Crippen LogP contribution in [0, 0.1) is 11.5 Å². The molecular weight excluding hydrogens is 406 g/mol. The van der Waals surface area contributed by atoms with E-state index < -0.39 is 40.8 Å². The first-order valence-corrected chi connectivity index (χ1v) is 9.72. The fourth-order valence-electron chi connectivity index (χ4n) is 3.66. The fraction of sp³-hybridized carbons (Fsp3) is 0.619. The summed E-state index contributed by atoms with van der Waals surface area (Å²) >= 11 is 0. The number of alkyl carbamates (subject to hydrolysis) is 1. The number of hydrogen-bond acceptors (Lipinski definition) is 9. The van der Waals surface area contributed by atoms with Gasteiger partial charge < -0.3 is 24.4 Å². The molecule has 0 saturated carbocycles. The van der Waals surface area contributed by atoms with Crippen LogP contribution in [0.1, 0.15) is 47.5 Å².